The molecule has 7 nitrogen and oxygen atoms in total. The third-order valence-corrected chi connectivity index (χ3v) is 5.04. The number of anilines is 1. The van der Waals surface area contributed by atoms with Gasteiger partial charge in [0.25, 0.3) is 0 Å². The second-order valence-corrected chi connectivity index (χ2v) is 8.96. The van der Waals surface area contributed by atoms with Gasteiger partial charge in [0.2, 0.25) is 5.91 Å². The number of ether oxygens (including phenoxy) is 1. The maximum absolute atomic E-state index is 13.1. The summed E-state index contributed by atoms with van der Waals surface area (Å²) in [5.41, 5.74) is 1.44. The Morgan fingerprint density at radius 2 is 2.04 bits per heavy atom. The number of carbonyl (C=O) groups excluding carboxylic acids is 2. The first-order chi connectivity index (χ1) is 11.8. The number of aryl methyl sites for hydroxylation is 1. The summed E-state index contributed by atoms with van der Waals surface area (Å²) in [6, 6.07) is 5.15. The van der Waals surface area contributed by atoms with Gasteiger partial charge in [0.15, 0.2) is 0 Å². The molecular weight excluding hydrogens is 363 g/mol. The Kier molecular flexibility index (Phi) is 5.60. The maximum atomic E-state index is 13.1. The van der Waals surface area contributed by atoms with Crippen LogP contribution in [0.3, 0.4) is 0 Å². The third-order valence-electron chi connectivity index (χ3n) is 3.93. The van der Waals surface area contributed by atoms with Crippen molar-refractivity contribution in [1.29, 1.82) is 0 Å². The van der Waals surface area contributed by atoms with Crippen molar-refractivity contribution in [1.82, 2.24) is 4.90 Å². The lowest BCUT2D eigenvalue weighted by Crippen LogP contribution is -2.28. The average Bonchev–Trinajstić information content (AvgIpc) is 2.82. The number of nitrogens with zero attached hydrogens (tertiary/aromatic N) is 1. The topological polar surface area (TPSA) is 92.8 Å². The molecule has 2 amide bonds. The van der Waals surface area contributed by atoms with E-state index in [1.54, 1.807) is 39.0 Å². The van der Waals surface area contributed by atoms with Gasteiger partial charge in [-0.05, 0) is 51.0 Å². The monoisotopic (exact) mass is 386 g/mol. The number of nitrogens with one attached hydrogen (secondary N) is 1. The molecule has 1 heterocycles. The molecule has 1 aliphatic heterocycles. The van der Waals surface area contributed by atoms with Gasteiger partial charge in [0.05, 0.1) is 0 Å². The van der Waals surface area contributed by atoms with E-state index in [9.17, 15) is 21.9 Å². The zero-order chi connectivity index (χ0) is 19.7. The predicted octanol–water partition coefficient (Wildman–Crippen LogP) is 2.74. The van der Waals surface area contributed by atoms with E-state index in [0.717, 1.165) is 11.1 Å². The largest absolute Gasteiger partial charge is 0.444 e. The number of hydrogen-bond donors (Lipinski definition) is 1. The molecule has 1 saturated heterocycles. The van der Waals surface area contributed by atoms with E-state index in [-0.39, 0.29) is 19.5 Å². The summed E-state index contributed by atoms with van der Waals surface area (Å²) < 4.78 is 40.4. The van der Waals surface area contributed by atoms with Gasteiger partial charge in [-0.3, -0.25) is 10.1 Å². The molecule has 1 unspecified atom stereocenters. The number of amides is 2. The summed E-state index contributed by atoms with van der Waals surface area (Å²) >= 11 is 0. The molecular formula is C17H23FN2O5S. The van der Waals surface area contributed by atoms with E-state index < -0.39 is 33.1 Å². The lowest BCUT2D eigenvalue weighted by atomic mass is 10.1. The highest BCUT2D eigenvalue weighted by molar-refractivity contribution is 7.87. The SMILES string of the molecule is Cc1ccc(NC(=O)OC(C)(C)C)cc1CN1CC(S(=O)(=O)F)CC1=O. The summed E-state index contributed by atoms with van der Waals surface area (Å²) in [6.07, 6.45) is -0.957. The van der Waals surface area contributed by atoms with Gasteiger partial charge in [0, 0.05) is 25.2 Å². The molecule has 0 aromatic heterocycles. The van der Waals surface area contributed by atoms with Gasteiger partial charge in [-0.15, -0.1) is 3.89 Å². The molecule has 144 valence electrons. The van der Waals surface area contributed by atoms with Crippen molar-refractivity contribution in [3.8, 4) is 0 Å². The van der Waals surface area contributed by atoms with Crippen LogP contribution in [0.4, 0.5) is 14.4 Å². The van der Waals surface area contributed by atoms with Gasteiger partial charge in [-0.1, -0.05) is 6.07 Å². The molecule has 26 heavy (non-hydrogen) atoms. The second kappa shape index (κ2) is 7.22. The molecule has 1 atom stereocenters. The second-order valence-electron chi connectivity index (χ2n) is 7.34. The Balaban J connectivity index is 2.11. The van der Waals surface area contributed by atoms with Crippen molar-refractivity contribution in [3.63, 3.8) is 0 Å². The van der Waals surface area contributed by atoms with Crippen molar-refractivity contribution < 1.29 is 26.6 Å². The number of halogens is 1. The zero-order valence-electron chi connectivity index (χ0n) is 15.2. The Labute approximate surface area is 152 Å². The number of benzene rings is 1. The fourth-order valence-electron chi connectivity index (χ4n) is 2.62. The number of hydrogen-bond acceptors (Lipinski definition) is 5. The first-order valence-electron chi connectivity index (χ1n) is 8.16. The Morgan fingerprint density at radius 3 is 2.58 bits per heavy atom. The minimum absolute atomic E-state index is 0.139. The highest BCUT2D eigenvalue weighted by atomic mass is 32.3. The van der Waals surface area contributed by atoms with Crippen molar-refractivity contribution >= 4 is 27.9 Å². The molecule has 0 spiro atoms. The molecule has 0 bridgehead atoms. The molecule has 1 aromatic rings. The molecule has 1 aromatic carbocycles. The average molecular weight is 386 g/mol. The van der Waals surface area contributed by atoms with Crippen LogP contribution in [-0.4, -0.2) is 42.7 Å². The van der Waals surface area contributed by atoms with Crippen LogP contribution >= 0.6 is 0 Å². The van der Waals surface area contributed by atoms with Gasteiger partial charge in [-0.2, -0.15) is 8.42 Å². The normalized spacial score (nSPS) is 18.1. The van der Waals surface area contributed by atoms with E-state index in [4.69, 9.17) is 4.74 Å². The van der Waals surface area contributed by atoms with Crippen molar-refractivity contribution in [2.75, 3.05) is 11.9 Å². The molecule has 0 aliphatic carbocycles. The summed E-state index contributed by atoms with van der Waals surface area (Å²) in [5.74, 6) is -0.416. The highest BCUT2D eigenvalue weighted by Crippen LogP contribution is 2.24. The van der Waals surface area contributed by atoms with Gasteiger partial charge in [-0.25, -0.2) is 4.79 Å². The zero-order valence-corrected chi connectivity index (χ0v) is 16.0. The summed E-state index contributed by atoms with van der Waals surface area (Å²) in [4.78, 5) is 25.1. The van der Waals surface area contributed by atoms with Crippen LogP contribution < -0.4 is 5.32 Å². The molecule has 1 N–H and O–H groups in total. The molecule has 0 saturated carbocycles. The third kappa shape index (κ3) is 5.42. The number of likely N-dealkylation sites (tertiary alicyclic amines) is 1. The Bertz CT molecular complexity index is 817. The number of rotatable bonds is 4. The van der Waals surface area contributed by atoms with Gasteiger partial charge < -0.3 is 9.64 Å². The molecule has 0 radical (unpaired) electrons. The van der Waals surface area contributed by atoms with Crippen molar-refractivity contribution in [2.45, 2.75) is 51.5 Å². The first-order valence-corrected chi connectivity index (χ1v) is 9.60. The van der Waals surface area contributed by atoms with E-state index >= 15 is 0 Å². The summed E-state index contributed by atoms with van der Waals surface area (Å²) in [5, 5.41) is 1.29. The van der Waals surface area contributed by atoms with Crippen LogP contribution in [0.5, 0.6) is 0 Å². The van der Waals surface area contributed by atoms with Crippen LogP contribution in [-0.2, 0) is 26.3 Å². The number of carbonyl (C=O) groups is 2. The van der Waals surface area contributed by atoms with Gasteiger partial charge >= 0.3 is 16.3 Å². The maximum Gasteiger partial charge on any atom is 0.412 e. The Hall–Kier alpha value is -2.16. The van der Waals surface area contributed by atoms with Crippen LogP contribution in [0.2, 0.25) is 0 Å². The lowest BCUT2D eigenvalue weighted by Gasteiger charge is -2.21. The highest BCUT2D eigenvalue weighted by Gasteiger charge is 2.38. The van der Waals surface area contributed by atoms with Crippen LogP contribution in [0.15, 0.2) is 18.2 Å². The summed E-state index contributed by atoms with van der Waals surface area (Å²) in [7, 11) is -4.75. The standard InChI is InChI=1S/C17H23FN2O5S/c1-11-5-6-13(19-16(22)25-17(2,3)4)7-12(11)9-20-10-14(8-15(20)21)26(18,23)24/h5-7,14H,8-10H2,1-4H3,(H,19,22). The molecule has 9 heteroatoms. The van der Waals surface area contributed by atoms with Crippen LogP contribution in [0.1, 0.15) is 38.3 Å². The quantitative estimate of drug-likeness (QED) is 0.803. The van der Waals surface area contributed by atoms with E-state index in [2.05, 4.69) is 5.32 Å². The first kappa shape index (κ1) is 20.2. The van der Waals surface area contributed by atoms with Gasteiger partial charge in [0.1, 0.15) is 10.9 Å². The Morgan fingerprint density at radius 1 is 1.38 bits per heavy atom. The van der Waals surface area contributed by atoms with Crippen molar-refractivity contribution in [2.24, 2.45) is 0 Å². The van der Waals surface area contributed by atoms with E-state index in [1.807, 2.05) is 6.92 Å². The smallest absolute Gasteiger partial charge is 0.412 e. The summed E-state index contributed by atoms with van der Waals surface area (Å²) in [6.45, 7) is 7.04. The van der Waals surface area contributed by atoms with E-state index in [1.165, 1.54) is 4.90 Å². The van der Waals surface area contributed by atoms with Crippen molar-refractivity contribution in [3.05, 3.63) is 29.3 Å². The predicted molar refractivity (Wildman–Crippen MR) is 94.9 cm³/mol. The molecule has 2 rings (SSSR count). The lowest BCUT2D eigenvalue weighted by molar-refractivity contribution is -0.128. The van der Waals surface area contributed by atoms with E-state index in [0.29, 0.717) is 5.69 Å². The molecule has 1 fully saturated rings. The molecule has 1 aliphatic rings. The fraction of sp³-hybridized carbons (Fsp3) is 0.529. The van der Waals surface area contributed by atoms with Crippen LogP contribution in [0, 0.1) is 6.92 Å². The van der Waals surface area contributed by atoms with Crippen LogP contribution in [0.25, 0.3) is 0 Å². The minimum Gasteiger partial charge on any atom is -0.444 e. The fourth-order valence-corrected chi connectivity index (χ4v) is 3.32. The minimum atomic E-state index is -4.75.